The number of aromatic amines is 1. The van der Waals surface area contributed by atoms with Gasteiger partial charge in [-0.05, 0) is 25.2 Å². The zero-order valence-electron chi connectivity index (χ0n) is 7.29. The van der Waals surface area contributed by atoms with E-state index < -0.39 is 0 Å². The summed E-state index contributed by atoms with van der Waals surface area (Å²) in [6.07, 6.45) is 7.21. The quantitative estimate of drug-likeness (QED) is 0.726. The minimum Gasteiger partial charge on any atom is -0.313 e. The van der Waals surface area contributed by atoms with Crippen LogP contribution in [0.25, 0.3) is 0 Å². The van der Waals surface area contributed by atoms with Gasteiger partial charge in [0.25, 0.3) is 0 Å². The Morgan fingerprint density at radius 2 is 2.50 bits per heavy atom. The second-order valence-corrected chi connectivity index (χ2v) is 3.49. The van der Waals surface area contributed by atoms with Gasteiger partial charge in [0.15, 0.2) is 0 Å². The summed E-state index contributed by atoms with van der Waals surface area (Å²) in [4.78, 5) is 13.9. The first-order chi connectivity index (χ1) is 5.83. The van der Waals surface area contributed by atoms with Crippen molar-refractivity contribution in [2.24, 2.45) is 5.92 Å². The molecule has 66 valence electrons. The lowest BCUT2D eigenvalue weighted by molar-refractivity contribution is 0.421. The highest BCUT2D eigenvalue weighted by Crippen LogP contribution is 2.40. The molecule has 0 aromatic carbocycles. The van der Waals surface area contributed by atoms with Crippen LogP contribution in [0.5, 0.6) is 0 Å². The van der Waals surface area contributed by atoms with E-state index in [9.17, 15) is 4.79 Å². The third-order valence-corrected chi connectivity index (χ3v) is 2.62. The molecule has 1 N–H and O–H groups in total. The largest absolute Gasteiger partial charge is 0.325 e. The van der Waals surface area contributed by atoms with Gasteiger partial charge in [-0.1, -0.05) is 6.92 Å². The summed E-state index contributed by atoms with van der Waals surface area (Å²) in [7, 11) is 0. The van der Waals surface area contributed by atoms with Gasteiger partial charge in [-0.15, -0.1) is 0 Å². The molecule has 0 spiro atoms. The van der Waals surface area contributed by atoms with Crippen molar-refractivity contribution in [2.75, 3.05) is 0 Å². The Hall–Kier alpha value is -0.990. The van der Waals surface area contributed by atoms with Crippen LogP contribution in [0.2, 0.25) is 0 Å². The molecule has 1 aromatic heterocycles. The molecule has 0 radical (unpaired) electrons. The fourth-order valence-corrected chi connectivity index (χ4v) is 1.83. The Kier molecular flexibility index (Phi) is 1.79. The molecule has 1 atom stereocenters. The number of nitrogens with zero attached hydrogens (tertiary/aromatic N) is 1. The highest BCUT2D eigenvalue weighted by atomic mass is 16.1. The smallest absolute Gasteiger partial charge is 0.313 e. The minimum absolute atomic E-state index is 0.0359. The zero-order chi connectivity index (χ0) is 8.55. The number of rotatable bonds is 3. The SMILES string of the molecule is CCC(C1CC1)n1cc[nH]c1=O. The van der Waals surface area contributed by atoms with Crippen LogP contribution in [0.3, 0.4) is 0 Å². The maximum atomic E-state index is 11.3. The number of aromatic nitrogens is 2. The van der Waals surface area contributed by atoms with Crippen molar-refractivity contribution in [3.63, 3.8) is 0 Å². The molecule has 1 aromatic rings. The first-order valence-electron chi connectivity index (χ1n) is 4.58. The van der Waals surface area contributed by atoms with E-state index in [1.54, 1.807) is 6.20 Å². The second-order valence-electron chi connectivity index (χ2n) is 3.49. The lowest BCUT2D eigenvalue weighted by Crippen LogP contribution is -2.22. The van der Waals surface area contributed by atoms with E-state index in [2.05, 4.69) is 11.9 Å². The first-order valence-corrected chi connectivity index (χ1v) is 4.58. The topological polar surface area (TPSA) is 37.8 Å². The van der Waals surface area contributed by atoms with Crippen molar-refractivity contribution in [1.82, 2.24) is 9.55 Å². The Morgan fingerprint density at radius 3 is 2.92 bits per heavy atom. The fourth-order valence-electron chi connectivity index (χ4n) is 1.83. The maximum Gasteiger partial charge on any atom is 0.325 e. The van der Waals surface area contributed by atoms with Gasteiger partial charge >= 0.3 is 5.69 Å². The van der Waals surface area contributed by atoms with E-state index in [1.165, 1.54) is 12.8 Å². The van der Waals surface area contributed by atoms with Gasteiger partial charge in [-0.25, -0.2) is 4.79 Å². The van der Waals surface area contributed by atoms with Gasteiger partial charge in [0.2, 0.25) is 0 Å². The Balaban J connectivity index is 2.26. The summed E-state index contributed by atoms with van der Waals surface area (Å²) in [5, 5.41) is 0. The van der Waals surface area contributed by atoms with Crippen molar-refractivity contribution >= 4 is 0 Å². The molecule has 1 heterocycles. The van der Waals surface area contributed by atoms with E-state index >= 15 is 0 Å². The molecular formula is C9H14N2O. The van der Waals surface area contributed by atoms with Gasteiger partial charge in [0.1, 0.15) is 0 Å². The summed E-state index contributed by atoms with van der Waals surface area (Å²) in [6, 6.07) is 0.434. The minimum atomic E-state index is 0.0359. The molecule has 1 aliphatic rings. The molecule has 2 rings (SSSR count). The van der Waals surface area contributed by atoms with Crippen LogP contribution in [0.4, 0.5) is 0 Å². The van der Waals surface area contributed by atoms with Crippen LogP contribution in [0, 0.1) is 5.92 Å². The highest BCUT2D eigenvalue weighted by Gasteiger charge is 2.31. The molecule has 3 heteroatoms. The van der Waals surface area contributed by atoms with Gasteiger partial charge < -0.3 is 4.98 Å². The highest BCUT2D eigenvalue weighted by molar-refractivity contribution is 4.89. The van der Waals surface area contributed by atoms with Crippen molar-refractivity contribution < 1.29 is 0 Å². The lowest BCUT2D eigenvalue weighted by atomic mass is 10.1. The van der Waals surface area contributed by atoms with Crippen LogP contribution in [0.1, 0.15) is 32.2 Å². The van der Waals surface area contributed by atoms with Crippen LogP contribution < -0.4 is 5.69 Å². The van der Waals surface area contributed by atoms with Gasteiger partial charge in [-0.3, -0.25) is 4.57 Å². The summed E-state index contributed by atoms with van der Waals surface area (Å²) in [5.41, 5.74) is 0.0359. The average Bonchev–Trinajstić information content (AvgIpc) is 2.80. The molecule has 0 amide bonds. The molecule has 1 fully saturated rings. The summed E-state index contributed by atoms with van der Waals surface area (Å²) in [6.45, 7) is 2.14. The van der Waals surface area contributed by atoms with Crippen molar-refractivity contribution in [3.05, 3.63) is 22.9 Å². The van der Waals surface area contributed by atoms with Crippen LogP contribution >= 0.6 is 0 Å². The van der Waals surface area contributed by atoms with Gasteiger partial charge in [0.05, 0.1) is 0 Å². The van der Waals surface area contributed by atoms with E-state index in [0.717, 1.165) is 12.3 Å². The molecule has 0 aliphatic heterocycles. The Morgan fingerprint density at radius 1 is 1.75 bits per heavy atom. The molecule has 0 bridgehead atoms. The third kappa shape index (κ3) is 1.19. The van der Waals surface area contributed by atoms with Crippen LogP contribution in [0.15, 0.2) is 17.2 Å². The van der Waals surface area contributed by atoms with Crippen molar-refractivity contribution in [2.45, 2.75) is 32.2 Å². The van der Waals surface area contributed by atoms with E-state index in [4.69, 9.17) is 0 Å². The predicted octanol–water partition coefficient (Wildman–Crippen LogP) is 1.54. The van der Waals surface area contributed by atoms with E-state index in [1.807, 2.05) is 10.8 Å². The molecule has 0 saturated heterocycles. The maximum absolute atomic E-state index is 11.3. The number of hydrogen-bond acceptors (Lipinski definition) is 1. The molecule has 1 aliphatic carbocycles. The monoisotopic (exact) mass is 166 g/mol. The van der Waals surface area contributed by atoms with Crippen LogP contribution in [-0.2, 0) is 0 Å². The molecular weight excluding hydrogens is 152 g/mol. The fraction of sp³-hybridized carbons (Fsp3) is 0.667. The van der Waals surface area contributed by atoms with E-state index in [-0.39, 0.29) is 5.69 Å². The van der Waals surface area contributed by atoms with Crippen molar-refractivity contribution in [1.29, 1.82) is 0 Å². The Bertz CT molecular complexity index is 308. The molecule has 1 saturated carbocycles. The normalized spacial score (nSPS) is 19.4. The number of H-pyrrole nitrogens is 1. The third-order valence-electron chi connectivity index (χ3n) is 2.62. The second kappa shape index (κ2) is 2.81. The van der Waals surface area contributed by atoms with Crippen LogP contribution in [-0.4, -0.2) is 9.55 Å². The predicted molar refractivity (Wildman–Crippen MR) is 47.1 cm³/mol. The molecule has 1 unspecified atom stereocenters. The lowest BCUT2D eigenvalue weighted by Gasteiger charge is -2.13. The van der Waals surface area contributed by atoms with E-state index in [0.29, 0.717) is 6.04 Å². The van der Waals surface area contributed by atoms with Gasteiger partial charge in [0, 0.05) is 18.4 Å². The Labute approximate surface area is 71.4 Å². The summed E-state index contributed by atoms with van der Waals surface area (Å²) < 4.78 is 1.83. The average molecular weight is 166 g/mol. The molecule has 3 nitrogen and oxygen atoms in total. The standard InChI is InChI=1S/C9H14N2O/c1-2-8(7-3-4-7)11-6-5-10-9(11)12/h5-8H,2-4H2,1H3,(H,10,12). The summed E-state index contributed by atoms with van der Waals surface area (Å²) in [5.74, 6) is 0.753. The van der Waals surface area contributed by atoms with Crippen molar-refractivity contribution in [3.8, 4) is 0 Å². The van der Waals surface area contributed by atoms with Gasteiger partial charge in [-0.2, -0.15) is 0 Å². The number of imidazole rings is 1. The zero-order valence-corrected chi connectivity index (χ0v) is 7.29. The first kappa shape index (κ1) is 7.65. The summed E-state index contributed by atoms with van der Waals surface area (Å²) >= 11 is 0. The number of hydrogen-bond donors (Lipinski definition) is 1. The number of nitrogens with one attached hydrogen (secondary N) is 1. The molecule has 12 heavy (non-hydrogen) atoms.